The Bertz CT molecular complexity index is 926. The average molecular weight is 521 g/mol. The van der Waals surface area contributed by atoms with Gasteiger partial charge in [0.15, 0.2) is 5.96 Å². The van der Waals surface area contributed by atoms with Crippen LogP contribution in [-0.2, 0) is 24.9 Å². The van der Waals surface area contributed by atoms with Crippen LogP contribution in [0.1, 0.15) is 25.2 Å². The summed E-state index contributed by atoms with van der Waals surface area (Å²) < 4.78 is 7.94. The highest BCUT2D eigenvalue weighted by molar-refractivity contribution is 14.0. The first-order valence-electron chi connectivity index (χ1n) is 10.2. The zero-order chi connectivity index (χ0) is 20.5. The molecule has 0 aliphatic rings. The minimum atomic E-state index is 0. The number of fused-ring (bicyclic) bond motifs is 1. The Labute approximate surface area is 196 Å². The minimum Gasteiger partial charge on any atom is -0.376 e. The van der Waals surface area contributed by atoms with E-state index in [1.165, 1.54) is 5.56 Å². The molecule has 1 unspecified atom stereocenters. The van der Waals surface area contributed by atoms with Crippen LogP contribution < -0.4 is 10.6 Å². The third kappa shape index (κ3) is 6.98. The number of nitrogens with one attached hydrogen (secondary N) is 2. The molecular formula is C23H32IN5O. The van der Waals surface area contributed by atoms with Crippen molar-refractivity contribution in [2.24, 2.45) is 18.0 Å². The van der Waals surface area contributed by atoms with E-state index < -0.39 is 0 Å². The standard InChI is InChI=1S/C23H31N5O.HI/c1-4-24-23(25-14-18(2)16-29-17-19-10-6-5-7-11-19)26-15-22-27-20-12-8-9-13-21(20)28(22)3;/h5-13,18H,4,14-17H2,1-3H3,(H2,24,25,26);1H. The molecule has 0 aliphatic carbocycles. The van der Waals surface area contributed by atoms with E-state index in [9.17, 15) is 0 Å². The molecule has 6 nitrogen and oxygen atoms in total. The average Bonchev–Trinajstić information content (AvgIpc) is 3.07. The van der Waals surface area contributed by atoms with Crippen LogP contribution in [0.2, 0.25) is 0 Å². The van der Waals surface area contributed by atoms with Crippen LogP contribution in [0.3, 0.4) is 0 Å². The van der Waals surface area contributed by atoms with Crippen LogP contribution in [0.25, 0.3) is 11.0 Å². The maximum Gasteiger partial charge on any atom is 0.191 e. The van der Waals surface area contributed by atoms with Crippen LogP contribution in [-0.4, -0.2) is 35.2 Å². The summed E-state index contributed by atoms with van der Waals surface area (Å²) in [4.78, 5) is 9.40. The summed E-state index contributed by atoms with van der Waals surface area (Å²) in [5, 5.41) is 6.72. The fourth-order valence-electron chi connectivity index (χ4n) is 3.11. The number of para-hydroxylation sites is 2. The molecule has 162 valence electrons. The number of nitrogens with zero attached hydrogens (tertiary/aromatic N) is 3. The third-order valence-electron chi connectivity index (χ3n) is 4.73. The Morgan fingerprint density at radius 2 is 1.83 bits per heavy atom. The molecule has 0 amide bonds. The first-order valence-corrected chi connectivity index (χ1v) is 10.2. The Hall–Kier alpha value is -2.13. The normalized spacial score (nSPS) is 12.4. The van der Waals surface area contributed by atoms with E-state index in [4.69, 9.17) is 9.73 Å². The molecule has 0 saturated heterocycles. The first kappa shape index (κ1) is 24.1. The fraction of sp³-hybridized carbons (Fsp3) is 0.391. The number of aromatic nitrogens is 2. The summed E-state index contributed by atoms with van der Waals surface area (Å²) >= 11 is 0. The lowest BCUT2D eigenvalue weighted by atomic mass is 10.2. The van der Waals surface area contributed by atoms with Crippen molar-refractivity contribution in [1.29, 1.82) is 0 Å². The van der Waals surface area contributed by atoms with Gasteiger partial charge in [0.05, 0.1) is 24.2 Å². The zero-order valence-corrected chi connectivity index (χ0v) is 20.3. The summed E-state index contributed by atoms with van der Waals surface area (Å²) in [5.41, 5.74) is 3.33. The molecule has 0 saturated carbocycles. The van der Waals surface area contributed by atoms with E-state index in [1.807, 2.05) is 43.4 Å². The van der Waals surface area contributed by atoms with Gasteiger partial charge in [-0.3, -0.25) is 0 Å². The molecule has 3 aromatic rings. The Kier molecular flexibility index (Phi) is 10.1. The largest absolute Gasteiger partial charge is 0.376 e. The van der Waals surface area contributed by atoms with Gasteiger partial charge in [-0.05, 0) is 30.5 Å². The molecule has 7 heteroatoms. The maximum absolute atomic E-state index is 5.84. The van der Waals surface area contributed by atoms with Crippen molar-refractivity contribution < 1.29 is 4.74 Å². The highest BCUT2D eigenvalue weighted by Crippen LogP contribution is 2.14. The van der Waals surface area contributed by atoms with Crippen molar-refractivity contribution in [3.63, 3.8) is 0 Å². The number of imidazole rings is 1. The van der Waals surface area contributed by atoms with Gasteiger partial charge in [0, 0.05) is 20.1 Å². The Balaban J connectivity index is 0.00000320. The number of ether oxygens (including phenoxy) is 1. The number of halogens is 1. The fourth-order valence-corrected chi connectivity index (χ4v) is 3.11. The Morgan fingerprint density at radius 3 is 2.57 bits per heavy atom. The van der Waals surface area contributed by atoms with E-state index in [2.05, 4.69) is 52.2 Å². The van der Waals surface area contributed by atoms with Crippen molar-refractivity contribution in [1.82, 2.24) is 20.2 Å². The van der Waals surface area contributed by atoms with E-state index in [-0.39, 0.29) is 24.0 Å². The van der Waals surface area contributed by atoms with Crippen molar-refractivity contribution in [2.45, 2.75) is 27.0 Å². The van der Waals surface area contributed by atoms with Crippen molar-refractivity contribution in [3.8, 4) is 0 Å². The van der Waals surface area contributed by atoms with Crippen molar-refractivity contribution in [3.05, 3.63) is 66.0 Å². The van der Waals surface area contributed by atoms with Gasteiger partial charge in [-0.25, -0.2) is 9.98 Å². The van der Waals surface area contributed by atoms with Gasteiger partial charge in [0.2, 0.25) is 0 Å². The molecule has 0 aliphatic heterocycles. The minimum absolute atomic E-state index is 0. The molecular weight excluding hydrogens is 489 g/mol. The third-order valence-corrected chi connectivity index (χ3v) is 4.73. The van der Waals surface area contributed by atoms with E-state index in [0.717, 1.165) is 35.9 Å². The van der Waals surface area contributed by atoms with Crippen LogP contribution >= 0.6 is 24.0 Å². The number of benzene rings is 2. The van der Waals surface area contributed by atoms with Crippen LogP contribution in [0.15, 0.2) is 59.6 Å². The molecule has 0 radical (unpaired) electrons. The van der Waals surface area contributed by atoms with Gasteiger partial charge < -0.3 is 19.9 Å². The second kappa shape index (κ2) is 12.5. The van der Waals surface area contributed by atoms with Gasteiger partial charge in [0.1, 0.15) is 12.4 Å². The number of guanidine groups is 1. The van der Waals surface area contributed by atoms with Gasteiger partial charge in [-0.1, -0.05) is 49.4 Å². The van der Waals surface area contributed by atoms with E-state index in [1.54, 1.807) is 0 Å². The smallest absolute Gasteiger partial charge is 0.191 e. The molecule has 3 rings (SSSR count). The summed E-state index contributed by atoms with van der Waals surface area (Å²) in [6, 6.07) is 18.4. The van der Waals surface area contributed by atoms with Crippen LogP contribution in [0, 0.1) is 5.92 Å². The number of hydrogen-bond acceptors (Lipinski definition) is 3. The summed E-state index contributed by atoms with van der Waals surface area (Å²) in [6.07, 6.45) is 0. The Morgan fingerprint density at radius 1 is 1.10 bits per heavy atom. The zero-order valence-electron chi connectivity index (χ0n) is 18.0. The number of rotatable bonds is 9. The van der Waals surface area contributed by atoms with Gasteiger partial charge in [0.25, 0.3) is 0 Å². The van der Waals surface area contributed by atoms with Crippen LogP contribution in [0.5, 0.6) is 0 Å². The number of aliphatic imine (C=N–C) groups is 1. The second-order valence-electron chi connectivity index (χ2n) is 7.26. The van der Waals surface area contributed by atoms with Crippen molar-refractivity contribution >= 4 is 41.0 Å². The van der Waals surface area contributed by atoms with Gasteiger partial charge >= 0.3 is 0 Å². The predicted molar refractivity (Wildman–Crippen MR) is 134 cm³/mol. The van der Waals surface area contributed by atoms with E-state index in [0.29, 0.717) is 25.7 Å². The monoisotopic (exact) mass is 521 g/mol. The molecule has 0 spiro atoms. The molecule has 2 N–H and O–H groups in total. The van der Waals surface area contributed by atoms with Gasteiger partial charge in [-0.2, -0.15) is 0 Å². The second-order valence-corrected chi connectivity index (χ2v) is 7.26. The molecule has 0 fully saturated rings. The first-order chi connectivity index (χ1) is 14.2. The lowest BCUT2D eigenvalue weighted by molar-refractivity contribution is 0.0931. The lowest BCUT2D eigenvalue weighted by Gasteiger charge is -2.16. The summed E-state index contributed by atoms with van der Waals surface area (Å²) in [6.45, 7) is 7.72. The van der Waals surface area contributed by atoms with E-state index >= 15 is 0 Å². The van der Waals surface area contributed by atoms with Gasteiger partial charge in [-0.15, -0.1) is 24.0 Å². The molecule has 1 atom stereocenters. The summed E-state index contributed by atoms with van der Waals surface area (Å²) in [5.74, 6) is 2.12. The quantitative estimate of drug-likeness (QED) is 0.253. The molecule has 30 heavy (non-hydrogen) atoms. The predicted octanol–water partition coefficient (Wildman–Crippen LogP) is 4.10. The van der Waals surface area contributed by atoms with Crippen LogP contribution in [0.4, 0.5) is 0 Å². The lowest BCUT2D eigenvalue weighted by Crippen LogP contribution is -2.40. The molecule has 1 aromatic heterocycles. The number of hydrogen-bond donors (Lipinski definition) is 2. The highest BCUT2D eigenvalue weighted by atomic mass is 127. The molecule has 1 heterocycles. The highest BCUT2D eigenvalue weighted by Gasteiger charge is 2.08. The SMILES string of the molecule is CCNC(=NCc1nc2ccccc2n1C)NCC(C)COCc1ccccc1.I. The summed E-state index contributed by atoms with van der Waals surface area (Å²) in [7, 11) is 2.03. The topological polar surface area (TPSA) is 63.5 Å². The molecule has 0 bridgehead atoms. The molecule has 2 aromatic carbocycles. The number of aryl methyl sites for hydroxylation is 1. The maximum atomic E-state index is 5.84. The van der Waals surface area contributed by atoms with Crippen molar-refractivity contribution in [2.75, 3.05) is 19.7 Å².